The van der Waals surface area contributed by atoms with Crippen LogP contribution in [0.3, 0.4) is 0 Å². The van der Waals surface area contributed by atoms with Crippen molar-refractivity contribution in [1.29, 1.82) is 0 Å². The molecule has 0 saturated carbocycles. The van der Waals surface area contributed by atoms with Crippen molar-refractivity contribution < 1.29 is 0 Å². The molecule has 0 fully saturated rings. The summed E-state index contributed by atoms with van der Waals surface area (Å²) < 4.78 is 8.04. The van der Waals surface area contributed by atoms with Crippen molar-refractivity contribution in [2.75, 3.05) is 4.90 Å². The van der Waals surface area contributed by atoms with Crippen molar-refractivity contribution in [3.63, 3.8) is 0 Å². The fourth-order valence-corrected chi connectivity index (χ4v) is 12.0. The van der Waals surface area contributed by atoms with E-state index in [2.05, 4.69) is 165 Å². The van der Waals surface area contributed by atoms with Crippen LogP contribution in [0.1, 0.15) is 63.8 Å². The third-order valence-electron chi connectivity index (χ3n) is 12.6. The first-order valence-electron chi connectivity index (χ1n) is 19.2. The van der Waals surface area contributed by atoms with Gasteiger partial charge >= 0.3 is 0 Å². The van der Waals surface area contributed by atoms with Gasteiger partial charge in [-0.05, 0) is 111 Å². The number of rotatable bonds is 1. The van der Waals surface area contributed by atoms with Crippen LogP contribution in [-0.2, 0) is 10.8 Å². The topological polar surface area (TPSA) is 12.6 Å². The summed E-state index contributed by atoms with van der Waals surface area (Å²) in [5.41, 5.74) is 21.5. The Bertz CT molecular complexity index is 3260. The van der Waals surface area contributed by atoms with E-state index in [1.54, 1.807) is 0 Å². The fourth-order valence-electron chi connectivity index (χ4n) is 10.2. The van der Waals surface area contributed by atoms with E-state index >= 15 is 0 Å². The van der Waals surface area contributed by atoms with E-state index < -0.39 is 0 Å². The van der Waals surface area contributed by atoms with Gasteiger partial charge in [0.2, 0.25) is 0 Å². The van der Waals surface area contributed by atoms with E-state index in [0.717, 1.165) is 0 Å². The highest BCUT2D eigenvalue weighted by atomic mass is 32.1. The van der Waals surface area contributed by atoms with Crippen LogP contribution >= 0.6 is 22.7 Å². The maximum atomic E-state index is 2.69. The molecule has 0 spiro atoms. The first-order valence-corrected chi connectivity index (χ1v) is 21.0. The van der Waals surface area contributed by atoms with Crippen LogP contribution in [0.2, 0.25) is 0 Å². The zero-order valence-electron chi connectivity index (χ0n) is 32.0. The Morgan fingerprint density at radius 2 is 1.20 bits per heavy atom. The normalized spacial score (nSPS) is 14.2. The first-order chi connectivity index (χ1) is 25.9. The van der Waals surface area contributed by atoms with E-state index in [9.17, 15) is 0 Å². The molecule has 0 N–H and O–H groups in total. The van der Waals surface area contributed by atoms with Gasteiger partial charge in [-0.1, -0.05) is 89.1 Å². The summed E-state index contributed by atoms with van der Waals surface area (Å²) in [4.78, 5) is 2.63. The monoisotopic (exact) mass is 733 g/mol. The number of fused-ring (bicyclic) bond motifs is 15. The van der Waals surface area contributed by atoms with Crippen LogP contribution in [-0.4, -0.2) is 15.7 Å². The van der Waals surface area contributed by atoms with Gasteiger partial charge in [-0.2, -0.15) is 0 Å². The molecule has 12 rings (SSSR count). The summed E-state index contributed by atoms with van der Waals surface area (Å²) in [5, 5.41) is 10.1. The zero-order valence-corrected chi connectivity index (χ0v) is 33.6. The van der Waals surface area contributed by atoms with Gasteiger partial charge in [0, 0.05) is 38.4 Å². The molecule has 54 heavy (non-hydrogen) atoms. The molecule has 0 unspecified atom stereocenters. The number of hydrogen-bond acceptors (Lipinski definition) is 3. The number of hydrogen-bond donors (Lipinski definition) is 0. The molecule has 5 aromatic carbocycles. The molecule has 0 atom stereocenters. The second kappa shape index (κ2) is 9.98. The molecule has 0 radical (unpaired) electrons. The molecule has 0 saturated heterocycles. The van der Waals surface area contributed by atoms with Crippen LogP contribution in [0.5, 0.6) is 0 Å². The number of aromatic nitrogens is 2. The quantitative estimate of drug-likeness (QED) is 0.153. The van der Waals surface area contributed by atoms with Crippen LogP contribution in [0.25, 0.3) is 64.2 Å². The second-order valence-electron chi connectivity index (χ2n) is 18.0. The molecule has 3 nitrogen and oxygen atoms in total. The highest BCUT2D eigenvalue weighted by Crippen LogP contribution is 2.53. The fraction of sp³-hybridized carbons (Fsp3) is 0.208. The number of nitrogens with zero attached hydrogens (tertiary/aromatic N) is 3. The van der Waals surface area contributed by atoms with Gasteiger partial charge in [0.1, 0.15) is 0 Å². The summed E-state index contributed by atoms with van der Waals surface area (Å²) in [6.07, 6.45) is 0. The van der Waals surface area contributed by atoms with Gasteiger partial charge in [-0.25, -0.2) is 0 Å². The third kappa shape index (κ3) is 3.74. The predicted molar refractivity (Wildman–Crippen MR) is 237 cm³/mol. The molecule has 2 aliphatic heterocycles. The van der Waals surface area contributed by atoms with Gasteiger partial charge in [-0.3, -0.25) is 0 Å². The highest BCUT2D eigenvalue weighted by Gasteiger charge is 2.46. The molecule has 0 aliphatic carbocycles. The average Bonchev–Trinajstić information content (AvgIpc) is 3.95. The maximum absolute atomic E-state index is 2.69. The summed E-state index contributed by atoms with van der Waals surface area (Å²) in [5.74, 6) is 0. The minimum absolute atomic E-state index is 0.0458. The van der Waals surface area contributed by atoms with Crippen molar-refractivity contribution in [3.8, 4) is 5.69 Å². The minimum Gasteiger partial charge on any atom is -0.311 e. The Labute approximate surface area is 323 Å². The summed E-state index contributed by atoms with van der Waals surface area (Å²) in [6, 6.07) is 33.6. The van der Waals surface area contributed by atoms with Crippen LogP contribution in [0.4, 0.5) is 17.1 Å². The van der Waals surface area contributed by atoms with E-state index in [1.807, 2.05) is 22.7 Å². The lowest BCUT2D eigenvalue weighted by molar-refractivity contribution is 0.590. The van der Waals surface area contributed by atoms with Crippen LogP contribution in [0, 0.1) is 13.8 Å². The molecular formula is C48H40BN3S2. The van der Waals surface area contributed by atoms with Crippen LogP contribution < -0.4 is 21.3 Å². The van der Waals surface area contributed by atoms with E-state index in [4.69, 9.17) is 0 Å². The molecule has 7 heterocycles. The Morgan fingerprint density at radius 3 is 1.89 bits per heavy atom. The minimum atomic E-state index is 0.0458. The van der Waals surface area contributed by atoms with E-state index in [0.29, 0.717) is 0 Å². The first kappa shape index (κ1) is 31.3. The molecule has 10 aromatic rings. The Morgan fingerprint density at radius 1 is 0.556 bits per heavy atom. The smallest absolute Gasteiger partial charge is 0.252 e. The summed E-state index contributed by atoms with van der Waals surface area (Å²) in [6.45, 7) is 18.6. The Kier molecular flexibility index (Phi) is 5.79. The Balaban J connectivity index is 1.35. The SMILES string of the molecule is Cc1ccc2c(c1)B1c3c(c4c5sccc5n5c6ccsc6c(c3-n3c6ccc(C(C)(C)C)cc6c6cc(C)cc1c63)c45)N2c1ccc(C(C)(C)C)cc1. The lowest BCUT2D eigenvalue weighted by atomic mass is 9.33. The average molecular weight is 734 g/mol. The van der Waals surface area contributed by atoms with Crippen molar-refractivity contribution in [2.45, 2.75) is 66.2 Å². The maximum Gasteiger partial charge on any atom is 0.252 e. The second-order valence-corrected chi connectivity index (χ2v) is 19.8. The van der Waals surface area contributed by atoms with Crippen molar-refractivity contribution in [1.82, 2.24) is 8.97 Å². The van der Waals surface area contributed by atoms with Gasteiger partial charge in [0.15, 0.2) is 0 Å². The summed E-state index contributed by atoms with van der Waals surface area (Å²) >= 11 is 3.78. The van der Waals surface area contributed by atoms with Gasteiger partial charge < -0.3 is 13.9 Å². The lowest BCUT2D eigenvalue weighted by Gasteiger charge is -2.41. The third-order valence-corrected chi connectivity index (χ3v) is 14.4. The van der Waals surface area contributed by atoms with Gasteiger partial charge in [-0.15, -0.1) is 22.7 Å². The summed E-state index contributed by atoms with van der Waals surface area (Å²) in [7, 11) is 0. The molecule has 2 aliphatic rings. The molecule has 5 aromatic heterocycles. The number of aryl methyl sites for hydroxylation is 2. The zero-order chi connectivity index (χ0) is 36.7. The lowest BCUT2D eigenvalue weighted by Crippen LogP contribution is -2.60. The van der Waals surface area contributed by atoms with E-state index in [1.165, 1.54) is 120 Å². The number of thiophene rings is 2. The van der Waals surface area contributed by atoms with Gasteiger partial charge in [0.05, 0.1) is 42.8 Å². The van der Waals surface area contributed by atoms with E-state index in [-0.39, 0.29) is 17.5 Å². The molecule has 0 bridgehead atoms. The predicted octanol–water partition coefficient (Wildman–Crippen LogP) is 11.9. The van der Waals surface area contributed by atoms with Gasteiger partial charge in [0.25, 0.3) is 6.71 Å². The van der Waals surface area contributed by atoms with Crippen molar-refractivity contribution in [3.05, 3.63) is 118 Å². The van der Waals surface area contributed by atoms with Crippen molar-refractivity contribution in [2.24, 2.45) is 0 Å². The molecule has 6 heteroatoms. The number of benzene rings is 5. The standard InChI is InChI=1S/C48H40BN3S2/c1-25-9-15-35-32(22-25)49-33-23-26(2)21-31-30-24-28(48(6,7)8)12-16-34(30)52(41(31)33)44-39-42-38(45-36(17-19-53-45)51(42)37-18-20-54-46(37)39)43(40(44)49)50(35)29-13-10-27(11-14-29)47(3,4)5/h9-24H,1-8H3. The van der Waals surface area contributed by atoms with Crippen molar-refractivity contribution >= 4 is 121 Å². The molecule has 0 amide bonds. The van der Waals surface area contributed by atoms with Crippen LogP contribution in [0.15, 0.2) is 95.7 Å². The Hall–Kier alpha value is -5.04. The highest BCUT2D eigenvalue weighted by molar-refractivity contribution is 7.19. The largest absolute Gasteiger partial charge is 0.311 e. The molecular weight excluding hydrogens is 693 g/mol. The molecule has 262 valence electrons. The number of anilines is 3.